The van der Waals surface area contributed by atoms with Crippen LogP contribution in [0.25, 0.3) is 11.1 Å². The van der Waals surface area contributed by atoms with E-state index in [4.69, 9.17) is 9.15 Å². The normalized spacial score (nSPS) is 10.8. The van der Waals surface area contributed by atoms with E-state index in [0.29, 0.717) is 34.8 Å². The molecule has 0 amide bonds. The van der Waals surface area contributed by atoms with Crippen molar-refractivity contribution in [2.24, 2.45) is 0 Å². The first kappa shape index (κ1) is 15.9. The lowest BCUT2D eigenvalue weighted by Crippen LogP contribution is -2.08. The predicted molar refractivity (Wildman–Crippen MR) is 86.2 cm³/mol. The van der Waals surface area contributed by atoms with Crippen LogP contribution < -0.4 is 5.32 Å². The van der Waals surface area contributed by atoms with E-state index in [-0.39, 0.29) is 12.4 Å². The number of fused-ring (bicyclic) bond motifs is 1. The lowest BCUT2D eigenvalue weighted by Gasteiger charge is -2.07. The summed E-state index contributed by atoms with van der Waals surface area (Å²) in [4.78, 5) is 20.4. The number of furan rings is 1. The van der Waals surface area contributed by atoms with Crippen molar-refractivity contribution in [3.8, 4) is 0 Å². The van der Waals surface area contributed by atoms with Gasteiger partial charge in [0.15, 0.2) is 0 Å². The van der Waals surface area contributed by atoms with Crippen LogP contribution in [0.1, 0.15) is 28.6 Å². The maximum absolute atomic E-state index is 13.0. The highest BCUT2D eigenvalue weighted by Crippen LogP contribution is 2.29. The van der Waals surface area contributed by atoms with Gasteiger partial charge in [0.1, 0.15) is 29.3 Å². The Morgan fingerprint density at radius 1 is 1.29 bits per heavy atom. The number of benzene rings is 1. The van der Waals surface area contributed by atoms with Gasteiger partial charge < -0.3 is 14.5 Å². The number of hydrogen-bond acceptors (Lipinski definition) is 6. The molecule has 1 N–H and O–H groups in total. The Labute approximate surface area is 137 Å². The summed E-state index contributed by atoms with van der Waals surface area (Å²) < 4.78 is 23.6. The van der Waals surface area contributed by atoms with Crippen molar-refractivity contribution < 1.29 is 18.3 Å². The molecule has 24 heavy (non-hydrogen) atoms. The van der Waals surface area contributed by atoms with Gasteiger partial charge in [-0.3, -0.25) is 0 Å². The molecule has 0 unspecified atom stereocenters. The van der Waals surface area contributed by atoms with E-state index in [2.05, 4.69) is 15.3 Å². The third kappa shape index (κ3) is 3.05. The molecular formula is C17H16FN3O3. The summed E-state index contributed by atoms with van der Waals surface area (Å²) in [6, 6.07) is 6.12. The maximum Gasteiger partial charge on any atom is 0.342 e. The summed E-state index contributed by atoms with van der Waals surface area (Å²) in [6.45, 7) is 4.09. The molecule has 1 aromatic carbocycles. The molecule has 3 aromatic rings. The van der Waals surface area contributed by atoms with Crippen LogP contribution >= 0.6 is 0 Å². The molecule has 0 radical (unpaired) electrons. The molecule has 3 rings (SSSR count). The van der Waals surface area contributed by atoms with Crippen molar-refractivity contribution in [1.82, 2.24) is 9.97 Å². The van der Waals surface area contributed by atoms with E-state index in [1.54, 1.807) is 26.0 Å². The Hall–Kier alpha value is -2.96. The topological polar surface area (TPSA) is 77.2 Å². The monoisotopic (exact) mass is 329 g/mol. The van der Waals surface area contributed by atoms with Gasteiger partial charge in [-0.1, -0.05) is 12.1 Å². The maximum atomic E-state index is 13.0. The highest BCUT2D eigenvalue weighted by atomic mass is 19.1. The smallest absolute Gasteiger partial charge is 0.342 e. The lowest BCUT2D eigenvalue weighted by molar-refractivity contribution is 0.0526. The number of ether oxygens (including phenoxy) is 1. The zero-order chi connectivity index (χ0) is 17.1. The lowest BCUT2D eigenvalue weighted by atomic mass is 10.1. The van der Waals surface area contributed by atoms with Crippen LogP contribution in [0.15, 0.2) is 35.0 Å². The van der Waals surface area contributed by atoms with Crippen LogP contribution in [-0.4, -0.2) is 22.5 Å². The quantitative estimate of drug-likeness (QED) is 0.722. The van der Waals surface area contributed by atoms with Gasteiger partial charge in [0.05, 0.1) is 12.0 Å². The minimum Gasteiger partial charge on any atom is -0.462 e. The van der Waals surface area contributed by atoms with Crippen molar-refractivity contribution in [2.75, 3.05) is 11.9 Å². The van der Waals surface area contributed by atoms with Crippen molar-refractivity contribution in [3.63, 3.8) is 0 Å². The fourth-order valence-electron chi connectivity index (χ4n) is 2.42. The van der Waals surface area contributed by atoms with Crippen LogP contribution in [0, 0.1) is 12.7 Å². The van der Waals surface area contributed by atoms with Crippen LogP contribution in [0.5, 0.6) is 0 Å². The number of nitrogens with one attached hydrogen (secondary N) is 1. The van der Waals surface area contributed by atoms with Gasteiger partial charge in [0.25, 0.3) is 0 Å². The Morgan fingerprint density at radius 3 is 2.75 bits per heavy atom. The zero-order valence-electron chi connectivity index (χ0n) is 13.3. The summed E-state index contributed by atoms with van der Waals surface area (Å²) in [7, 11) is 0. The molecule has 0 aliphatic rings. The number of aromatic nitrogens is 2. The second-order valence-corrected chi connectivity index (χ2v) is 5.14. The minimum absolute atomic E-state index is 0.261. The van der Waals surface area contributed by atoms with Gasteiger partial charge in [0, 0.05) is 6.54 Å². The number of carbonyl (C=O) groups excluding carboxylic acids is 1. The number of esters is 1. The van der Waals surface area contributed by atoms with Gasteiger partial charge in [0.2, 0.25) is 5.71 Å². The van der Waals surface area contributed by atoms with E-state index in [1.807, 2.05) is 0 Å². The molecule has 6 nitrogen and oxygen atoms in total. The summed E-state index contributed by atoms with van der Waals surface area (Å²) in [5, 5.41) is 3.61. The molecule has 124 valence electrons. The van der Waals surface area contributed by atoms with E-state index >= 15 is 0 Å². The van der Waals surface area contributed by atoms with Gasteiger partial charge in [-0.05, 0) is 31.5 Å². The fraction of sp³-hybridized carbons (Fsp3) is 0.235. The summed E-state index contributed by atoms with van der Waals surface area (Å²) in [5.74, 6) is 0.115. The molecule has 0 saturated heterocycles. The first-order valence-electron chi connectivity index (χ1n) is 7.49. The average Bonchev–Trinajstić information content (AvgIpc) is 2.91. The number of hydrogen-bond donors (Lipinski definition) is 1. The molecule has 2 aromatic heterocycles. The molecule has 0 saturated carbocycles. The third-order valence-corrected chi connectivity index (χ3v) is 3.52. The molecule has 7 heteroatoms. The predicted octanol–water partition coefficient (Wildman–Crippen LogP) is 3.46. The number of halogens is 1. The van der Waals surface area contributed by atoms with Crippen molar-refractivity contribution in [2.45, 2.75) is 20.4 Å². The molecule has 2 heterocycles. The SMILES string of the molecule is CCOC(=O)c1c(C)oc2ncnc(NCc3ccc(F)cc3)c12. The molecule has 0 spiro atoms. The Balaban J connectivity index is 1.95. The second-order valence-electron chi connectivity index (χ2n) is 5.14. The van der Waals surface area contributed by atoms with Crippen molar-refractivity contribution in [1.29, 1.82) is 0 Å². The van der Waals surface area contributed by atoms with Crippen LogP contribution in [0.2, 0.25) is 0 Å². The summed E-state index contributed by atoms with van der Waals surface area (Å²) in [5.41, 5.74) is 1.50. The fourth-order valence-corrected chi connectivity index (χ4v) is 2.42. The van der Waals surface area contributed by atoms with Crippen LogP contribution in [0.4, 0.5) is 10.2 Å². The molecule has 0 fully saturated rings. The third-order valence-electron chi connectivity index (χ3n) is 3.52. The standard InChI is InChI=1S/C17H16FN3O3/c1-3-23-17(22)13-10(2)24-16-14(13)15(20-9-21-16)19-8-11-4-6-12(18)7-5-11/h4-7,9H,3,8H2,1-2H3,(H,19,20,21). The number of anilines is 1. The van der Waals surface area contributed by atoms with E-state index in [9.17, 15) is 9.18 Å². The average molecular weight is 329 g/mol. The van der Waals surface area contributed by atoms with Crippen LogP contribution in [-0.2, 0) is 11.3 Å². The van der Waals surface area contributed by atoms with E-state index in [1.165, 1.54) is 18.5 Å². The second kappa shape index (κ2) is 6.66. The summed E-state index contributed by atoms with van der Waals surface area (Å²) >= 11 is 0. The molecule has 0 aliphatic heterocycles. The van der Waals surface area contributed by atoms with Gasteiger partial charge in [-0.15, -0.1) is 0 Å². The molecule has 0 atom stereocenters. The number of rotatable bonds is 5. The number of aryl methyl sites for hydroxylation is 1. The van der Waals surface area contributed by atoms with Crippen molar-refractivity contribution in [3.05, 3.63) is 53.3 Å². The highest BCUT2D eigenvalue weighted by Gasteiger charge is 2.23. The first-order chi connectivity index (χ1) is 11.6. The Bertz CT molecular complexity index is 875. The molecule has 0 aliphatic carbocycles. The molecular weight excluding hydrogens is 313 g/mol. The minimum atomic E-state index is -0.478. The number of carbonyl (C=O) groups is 1. The highest BCUT2D eigenvalue weighted by molar-refractivity contribution is 6.07. The number of nitrogens with zero attached hydrogens (tertiary/aromatic N) is 2. The molecule has 0 bridgehead atoms. The summed E-state index contributed by atoms with van der Waals surface area (Å²) in [6.07, 6.45) is 1.35. The van der Waals surface area contributed by atoms with Gasteiger partial charge >= 0.3 is 5.97 Å². The van der Waals surface area contributed by atoms with Crippen LogP contribution in [0.3, 0.4) is 0 Å². The largest absolute Gasteiger partial charge is 0.462 e. The zero-order valence-corrected chi connectivity index (χ0v) is 13.3. The Kier molecular flexibility index (Phi) is 4.41. The van der Waals surface area contributed by atoms with E-state index in [0.717, 1.165) is 5.56 Å². The van der Waals surface area contributed by atoms with E-state index < -0.39 is 5.97 Å². The van der Waals surface area contributed by atoms with Gasteiger partial charge in [-0.2, -0.15) is 0 Å². The van der Waals surface area contributed by atoms with Crippen molar-refractivity contribution >= 4 is 22.9 Å². The first-order valence-corrected chi connectivity index (χ1v) is 7.49. The Morgan fingerprint density at radius 2 is 2.04 bits per heavy atom. The van der Waals surface area contributed by atoms with Gasteiger partial charge in [-0.25, -0.2) is 19.2 Å².